The molecule has 0 atom stereocenters. The van der Waals surface area contributed by atoms with Crippen molar-refractivity contribution in [3.8, 4) is 5.75 Å². The second-order valence-electron chi connectivity index (χ2n) is 4.71. The van der Waals surface area contributed by atoms with Gasteiger partial charge in [0.25, 0.3) is 0 Å². The SMILES string of the molecule is COc1cc(N2CCC(OCCO)CC2)ccc1N. The van der Waals surface area contributed by atoms with Crippen LogP contribution in [0, 0.1) is 0 Å². The number of ether oxygens (including phenoxy) is 2. The van der Waals surface area contributed by atoms with Gasteiger partial charge in [-0.15, -0.1) is 0 Å². The fourth-order valence-corrected chi connectivity index (χ4v) is 2.40. The average molecular weight is 266 g/mol. The molecule has 5 nitrogen and oxygen atoms in total. The largest absolute Gasteiger partial charge is 0.495 e. The van der Waals surface area contributed by atoms with E-state index in [0.29, 0.717) is 12.3 Å². The number of anilines is 2. The van der Waals surface area contributed by atoms with Crippen molar-refractivity contribution in [1.29, 1.82) is 0 Å². The predicted molar refractivity (Wildman–Crippen MR) is 75.7 cm³/mol. The molecule has 5 heteroatoms. The van der Waals surface area contributed by atoms with Gasteiger partial charge in [-0.25, -0.2) is 0 Å². The van der Waals surface area contributed by atoms with Crippen LogP contribution in [0.2, 0.25) is 0 Å². The zero-order chi connectivity index (χ0) is 13.7. The third-order valence-electron chi connectivity index (χ3n) is 3.47. The lowest BCUT2D eigenvalue weighted by Crippen LogP contribution is -2.37. The van der Waals surface area contributed by atoms with Crippen LogP contribution >= 0.6 is 0 Å². The maximum atomic E-state index is 8.75. The Balaban J connectivity index is 1.94. The van der Waals surface area contributed by atoms with Crippen molar-refractivity contribution in [1.82, 2.24) is 0 Å². The van der Waals surface area contributed by atoms with Gasteiger partial charge in [-0.1, -0.05) is 0 Å². The fourth-order valence-electron chi connectivity index (χ4n) is 2.40. The van der Waals surface area contributed by atoms with E-state index in [1.54, 1.807) is 7.11 Å². The first-order valence-corrected chi connectivity index (χ1v) is 6.65. The second kappa shape index (κ2) is 6.63. The number of nitrogens with zero attached hydrogens (tertiary/aromatic N) is 1. The van der Waals surface area contributed by atoms with Crippen LogP contribution in [-0.4, -0.2) is 44.6 Å². The van der Waals surface area contributed by atoms with Gasteiger partial charge in [0.2, 0.25) is 0 Å². The van der Waals surface area contributed by atoms with Crippen LogP contribution in [0.1, 0.15) is 12.8 Å². The van der Waals surface area contributed by atoms with E-state index in [1.807, 2.05) is 18.2 Å². The molecule has 1 saturated heterocycles. The number of benzene rings is 1. The number of piperidine rings is 1. The van der Waals surface area contributed by atoms with E-state index in [1.165, 1.54) is 0 Å². The molecule has 1 aliphatic heterocycles. The lowest BCUT2D eigenvalue weighted by atomic mass is 10.1. The van der Waals surface area contributed by atoms with E-state index in [0.717, 1.165) is 37.4 Å². The van der Waals surface area contributed by atoms with Gasteiger partial charge in [0.1, 0.15) is 5.75 Å². The van der Waals surface area contributed by atoms with E-state index < -0.39 is 0 Å². The summed E-state index contributed by atoms with van der Waals surface area (Å²) in [6.07, 6.45) is 2.22. The Morgan fingerprint density at radius 2 is 2.11 bits per heavy atom. The molecule has 1 fully saturated rings. The van der Waals surface area contributed by atoms with Gasteiger partial charge < -0.3 is 25.2 Å². The first-order valence-electron chi connectivity index (χ1n) is 6.65. The number of aliphatic hydroxyl groups is 1. The van der Waals surface area contributed by atoms with Gasteiger partial charge in [-0.05, 0) is 25.0 Å². The smallest absolute Gasteiger partial charge is 0.143 e. The van der Waals surface area contributed by atoms with Crippen LogP contribution in [0.15, 0.2) is 18.2 Å². The van der Waals surface area contributed by atoms with Crippen molar-refractivity contribution in [2.75, 3.05) is 44.0 Å². The average Bonchev–Trinajstić information content (AvgIpc) is 2.46. The van der Waals surface area contributed by atoms with E-state index in [4.69, 9.17) is 20.3 Å². The van der Waals surface area contributed by atoms with Gasteiger partial charge in [-0.2, -0.15) is 0 Å². The molecular weight excluding hydrogens is 244 g/mol. The highest BCUT2D eigenvalue weighted by Crippen LogP contribution is 2.29. The van der Waals surface area contributed by atoms with Gasteiger partial charge in [-0.3, -0.25) is 0 Å². The summed E-state index contributed by atoms with van der Waals surface area (Å²) in [5, 5.41) is 8.75. The molecule has 1 heterocycles. The molecule has 2 rings (SSSR count). The van der Waals surface area contributed by atoms with Gasteiger partial charge in [0.15, 0.2) is 0 Å². The Bertz CT molecular complexity index is 404. The highest BCUT2D eigenvalue weighted by molar-refractivity contribution is 5.62. The van der Waals surface area contributed by atoms with E-state index in [9.17, 15) is 0 Å². The summed E-state index contributed by atoms with van der Waals surface area (Å²) in [5.74, 6) is 0.719. The molecule has 1 aromatic rings. The first kappa shape index (κ1) is 14.0. The van der Waals surface area contributed by atoms with Gasteiger partial charge in [0.05, 0.1) is 32.1 Å². The first-order chi connectivity index (χ1) is 9.24. The molecule has 0 radical (unpaired) electrons. The van der Waals surface area contributed by atoms with Crippen LogP contribution in [0.25, 0.3) is 0 Å². The van der Waals surface area contributed by atoms with E-state index in [2.05, 4.69) is 4.90 Å². The maximum absolute atomic E-state index is 8.75. The third kappa shape index (κ3) is 3.52. The zero-order valence-corrected chi connectivity index (χ0v) is 11.3. The Kier molecular flexibility index (Phi) is 4.87. The van der Waals surface area contributed by atoms with Crippen molar-refractivity contribution in [2.45, 2.75) is 18.9 Å². The molecule has 0 saturated carbocycles. The summed E-state index contributed by atoms with van der Waals surface area (Å²) in [4.78, 5) is 2.31. The minimum absolute atomic E-state index is 0.0926. The maximum Gasteiger partial charge on any atom is 0.143 e. The lowest BCUT2D eigenvalue weighted by Gasteiger charge is -2.33. The number of methoxy groups -OCH3 is 1. The summed E-state index contributed by atoms with van der Waals surface area (Å²) in [6, 6.07) is 5.87. The van der Waals surface area contributed by atoms with Gasteiger partial charge in [0, 0.05) is 24.8 Å². The molecule has 3 N–H and O–H groups in total. The molecule has 0 spiro atoms. The molecule has 1 aromatic carbocycles. The van der Waals surface area contributed by atoms with Crippen molar-refractivity contribution in [3.63, 3.8) is 0 Å². The van der Waals surface area contributed by atoms with Crippen molar-refractivity contribution in [3.05, 3.63) is 18.2 Å². The minimum atomic E-state index is 0.0926. The third-order valence-corrected chi connectivity index (χ3v) is 3.47. The van der Waals surface area contributed by atoms with E-state index in [-0.39, 0.29) is 12.7 Å². The monoisotopic (exact) mass is 266 g/mol. The molecule has 0 amide bonds. The second-order valence-corrected chi connectivity index (χ2v) is 4.71. The molecular formula is C14H22N2O3. The summed E-state index contributed by atoms with van der Waals surface area (Å²) >= 11 is 0. The molecule has 0 aliphatic carbocycles. The van der Waals surface area contributed by atoms with Crippen LogP contribution in [-0.2, 0) is 4.74 Å². The fraction of sp³-hybridized carbons (Fsp3) is 0.571. The molecule has 1 aliphatic rings. The van der Waals surface area contributed by atoms with Crippen molar-refractivity contribution >= 4 is 11.4 Å². The number of hydrogen-bond acceptors (Lipinski definition) is 5. The zero-order valence-electron chi connectivity index (χ0n) is 11.3. The standard InChI is InChI=1S/C14H22N2O3/c1-18-14-10-11(2-3-13(14)15)16-6-4-12(5-7-16)19-9-8-17/h2-3,10,12,17H,4-9,15H2,1H3. The van der Waals surface area contributed by atoms with E-state index >= 15 is 0 Å². The quantitative estimate of drug-likeness (QED) is 0.785. The number of nitrogens with two attached hydrogens (primary N) is 1. The van der Waals surface area contributed by atoms with Crippen LogP contribution < -0.4 is 15.4 Å². The number of aliphatic hydroxyl groups excluding tert-OH is 1. The summed E-state index contributed by atoms with van der Waals surface area (Å²) < 4.78 is 10.8. The molecule has 0 unspecified atom stereocenters. The molecule has 0 bridgehead atoms. The van der Waals surface area contributed by atoms with Crippen LogP contribution in [0.5, 0.6) is 5.75 Å². The number of hydrogen-bond donors (Lipinski definition) is 2. The minimum Gasteiger partial charge on any atom is -0.495 e. The topological polar surface area (TPSA) is 68.0 Å². The van der Waals surface area contributed by atoms with Crippen LogP contribution in [0.3, 0.4) is 0 Å². The Morgan fingerprint density at radius 3 is 2.74 bits per heavy atom. The van der Waals surface area contributed by atoms with Crippen molar-refractivity contribution in [2.24, 2.45) is 0 Å². The lowest BCUT2D eigenvalue weighted by molar-refractivity contribution is 0.0159. The molecule has 106 valence electrons. The van der Waals surface area contributed by atoms with Crippen LogP contribution in [0.4, 0.5) is 11.4 Å². The van der Waals surface area contributed by atoms with Crippen molar-refractivity contribution < 1.29 is 14.6 Å². The Morgan fingerprint density at radius 1 is 1.37 bits per heavy atom. The summed E-state index contributed by atoms with van der Waals surface area (Å²) in [7, 11) is 1.63. The highest BCUT2D eigenvalue weighted by Gasteiger charge is 2.20. The Labute approximate surface area is 113 Å². The summed E-state index contributed by atoms with van der Waals surface area (Å²) in [6.45, 7) is 2.42. The molecule has 0 aromatic heterocycles. The summed E-state index contributed by atoms with van der Waals surface area (Å²) in [5.41, 5.74) is 7.61. The molecule has 19 heavy (non-hydrogen) atoms. The number of nitrogen functional groups attached to an aromatic ring is 1. The predicted octanol–water partition coefficient (Wildman–Crippen LogP) is 1.26. The Hall–Kier alpha value is -1.46. The highest BCUT2D eigenvalue weighted by atomic mass is 16.5. The normalized spacial score (nSPS) is 16.6. The number of rotatable bonds is 5. The van der Waals surface area contributed by atoms with Gasteiger partial charge >= 0.3 is 0 Å².